The van der Waals surface area contributed by atoms with E-state index in [0.717, 1.165) is 5.56 Å². The monoisotopic (exact) mass is 577 g/mol. The maximum atomic E-state index is 15.6. The predicted octanol–water partition coefficient (Wildman–Crippen LogP) is 5.10. The molecule has 1 saturated heterocycles. The van der Waals surface area contributed by atoms with Crippen LogP contribution >= 0.6 is 0 Å². The quantitative estimate of drug-likeness (QED) is 0.275. The van der Waals surface area contributed by atoms with Gasteiger partial charge in [0.05, 0.1) is 19.8 Å². The molecule has 42 heavy (non-hydrogen) atoms. The molecule has 224 valence electrons. The summed E-state index contributed by atoms with van der Waals surface area (Å²) in [6, 6.07) is 19.4. The number of likely N-dealkylation sites (tertiary alicyclic amines) is 1. The van der Waals surface area contributed by atoms with Gasteiger partial charge in [-0.25, -0.2) is 9.18 Å². The van der Waals surface area contributed by atoms with Crippen LogP contribution in [-0.2, 0) is 16.9 Å². The van der Waals surface area contributed by atoms with E-state index in [0.29, 0.717) is 66.9 Å². The first-order valence-corrected chi connectivity index (χ1v) is 14.3. The van der Waals surface area contributed by atoms with Gasteiger partial charge in [0.2, 0.25) is 0 Å². The number of aliphatic hydroxyl groups is 1. The van der Waals surface area contributed by atoms with Gasteiger partial charge in [-0.05, 0) is 79.8 Å². The fraction of sp³-hybridized carbons (Fsp3) is 0.394. The first kappa shape index (κ1) is 31.0. The molecule has 3 aromatic rings. The largest absolute Gasteiger partial charge is 0.497 e. The summed E-state index contributed by atoms with van der Waals surface area (Å²) in [5.74, 6) is -0.360. The molecule has 1 fully saturated rings. The zero-order valence-corrected chi connectivity index (χ0v) is 24.5. The minimum absolute atomic E-state index is 0.0994. The highest BCUT2D eigenvalue weighted by Gasteiger charge is 2.43. The van der Waals surface area contributed by atoms with Gasteiger partial charge in [0, 0.05) is 43.2 Å². The Bertz CT molecular complexity index is 1370. The lowest BCUT2D eigenvalue weighted by atomic mass is 9.72. The molecule has 1 aliphatic rings. The van der Waals surface area contributed by atoms with Crippen LogP contribution in [0.15, 0.2) is 66.7 Å². The van der Waals surface area contributed by atoms with Gasteiger partial charge in [-0.15, -0.1) is 0 Å². The van der Waals surface area contributed by atoms with Crippen LogP contribution in [0.3, 0.4) is 0 Å². The number of amides is 2. The lowest BCUT2D eigenvalue weighted by Crippen LogP contribution is -2.48. The molecule has 2 atom stereocenters. The van der Waals surface area contributed by atoms with E-state index in [2.05, 4.69) is 15.4 Å². The SMILES string of the molecule is CNCc1ccc(C(=O)N2CCCC([C@](O)(CCCNC(=O)OC)c3cccc(F)c3-c3cccc(OC)c3)C2)cc1. The summed E-state index contributed by atoms with van der Waals surface area (Å²) >= 11 is 0. The fourth-order valence-electron chi connectivity index (χ4n) is 5.84. The first-order chi connectivity index (χ1) is 20.3. The molecule has 8 nitrogen and oxygen atoms in total. The normalized spacial score (nSPS) is 16.4. The second-order valence-corrected chi connectivity index (χ2v) is 10.7. The molecule has 2 amide bonds. The Morgan fingerprint density at radius 2 is 1.86 bits per heavy atom. The zero-order valence-electron chi connectivity index (χ0n) is 24.5. The highest BCUT2D eigenvalue weighted by atomic mass is 19.1. The number of ether oxygens (including phenoxy) is 2. The van der Waals surface area contributed by atoms with E-state index in [1.807, 2.05) is 31.3 Å². The van der Waals surface area contributed by atoms with Crippen molar-refractivity contribution in [1.82, 2.24) is 15.5 Å². The number of methoxy groups -OCH3 is 2. The number of halogens is 1. The predicted molar refractivity (Wildman–Crippen MR) is 160 cm³/mol. The van der Waals surface area contributed by atoms with Gasteiger partial charge in [-0.3, -0.25) is 4.79 Å². The number of nitrogens with one attached hydrogen (secondary N) is 2. The summed E-state index contributed by atoms with van der Waals surface area (Å²) in [4.78, 5) is 27.0. The zero-order chi connectivity index (χ0) is 30.1. The summed E-state index contributed by atoms with van der Waals surface area (Å²) in [6.45, 7) is 1.86. The number of hydrogen-bond acceptors (Lipinski definition) is 6. The highest BCUT2D eigenvalue weighted by molar-refractivity contribution is 5.94. The van der Waals surface area contributed by atoms with Gasteiger partial charge in [0.15, 0.2) is 0 Å². The molecule has 4 rings (SSSR count). The van der Waals surface area contributed by atoms with Crippen molar-refractivity contribution in [2.75, 3.05) is 40.9 Å². The van der Waals surface area contributed by atoms with Crippen LogP contribution in [0.4, 0.5) is 9.18 Å². The Hall–Kier alpha value is -3.95. The number of piperidine rings is 1. The summed E-state index contributed by atoms with van der Waals surface area (Å²) in [7, 11) is 4.71. The molecule has 3 aromatic carbocycles. The molecule has 1 aliphatic heterocycles. The van der Waals surface area contributed by atoms with Crippen molar-refractivity contribution >= 4 is 12.0 Å². The molecule has 0 saturated carbocycles. The molecule has 9 heteroatoms. The van der Waals surface area contributed by atoms with Gasteiger partial charge in [-0.2, -0.15) is 0 Å². The molecule has 3 N–H and O–H groups in total. The maximum absolute atomic E-state index is 15.6. The van der Waals surface area contributed by atoms with Crippen LogP contribution in [-0.4, -0.2) is 62.9 Å². The molecule has 0 radical (unpaired) electrons. The lowest BCUT2D eigenvalue weighted by molar-refractivity contribution is -0.0564. The Labute approximate surface area is 246 Å². The number of hydrogen-bond donors (Lipinski definition) is 3. The third kappa shape index (κ3) is 7.09. The van der Waals surface area contributed by atoms with Crippen molar-refractivity contribution in [2.24, 2.45) is 5.92 Å². The Morgan fingerprint density at radius 3 is 2.57 bits per heavy atom. The van der Waals surface area contributed by atoms with Gasteiger partial charge < -0.3 is 30.1 Å². The van der Waals surface area contributed by atoms with E-state index >= 15 is 4.39 Å². The van der Waals surface area contributed by atoms with E-state index in [4.69, 9.17) is 4.74 Å². The van der Waals surface area contributed by atoms with E-state index in [1.165, 1.54) is 13.2 Å². The molecule has 1 heterocycles. The van der Waals surface area contributed by atoms with Crippen molar-refractivity contribution in [3.8, 4) is 16.9 Å². The third-order valence-corrected chi connectivity index (χ3v) is 7.99. The average molecular weight is 578 g/mol. The van der Waals surface area contributed by atoms with E-state index in [-0.39, 0.29) is 24.8 Å². The minimum Gasteiger partial charge on any atom is -0.497 e. The van der Waals surface area contributed by atoms with Crippen LogP contribution < -0.4 is 15.4 Å². The molecule has 1 unspecified atom stereocenters. The van der Waals surface area contributed by atoms with Crippen molar-refractivity contribution in [3.05, 3.63) is 89.2 Å². The molecular formula is C33H40FN3O5. The van der Waals surface area contributed by atoms with Gasteiger partial charge >= 0.3 is 6.09 Å². The van der Waals surface area contributed by atoms with Crippen molar-refractivity contribution < 1.29 is 28.6 Å². The average Bonchev–Trinajstić information content (AvgIpc) is 3.03. The standard InChI is InChI=1S/C33H40FN3O5/c1-35-21-23-13-15-24(16-14-23)31(38)37-19-6-9-26(22-37)33(40,17-7-18-36-32(39)42-3)28-11-5-12-29(34)30(28)25-8-4-10-27(20-25)41-2/h4-5,8,10-16,20,26,35,40H,6-7,9,17-19,21-22H2,1-3H3,(H,36,39)/t26?,33-/m1/s1. The van der Waals surface area contributed by atoms with Crippen LogP contribution in [0.2, 0.25) is 0 Å². The summed E-state index contributed by atoms with van der Waals surface area (Å²) < 4.78 is 25.7. The number of rotatable bonds is 11. The summed E-state index contributed by atoms with van der Waals surface area (Å²) in [5.41, 5.74) is 1.50. The topological polar surface area (TPSA) is 100 Å². The van der Waals surface area contributed by atoms with E-state index in [9.17, 15) is 14.7 Å². The van der Waals surface area contributed by atoms with Gasteiger partial charge in [0.25, 0.3) is 5.91 Å². The first-order valence-electron chi connectivity index (χ1n) is 14.3. The molecular weight excluding hydrogens is 537 g/mol. The second-order valence-electron chi connectivity index (χ2n) is 10.7. The smallest absolute Gasteiger partial charge is 0.406 e. The molecule has 0 spiro atoms. The molecule has 0 aromatic heterocycles. The molecule has 0 bridgehead atoms. The van der Waals surface area contributed by atoms with E-state index < -0.39 is 17.5 Å². The van der Waals surface area contributed by atoms with Crippen LogP contribution in [0.1, 0.15) is 47.2 Å². The Kier molecular flexibility index (Phi) is 10.5. The lowest BCUT2D eigenvalue weighted by Gasteiger charge is -2.43. The van der Waals surface area contributed by atoms with Crippen molar-refractivity contribution in [1.29, 1.82) is 0 Å². The van der Waals surface area contributed by atoms with Crippen LogP contribution in [0, 0.1) is 11.7 Å². The third-order valence-electron chi connectivity index (χ3n) is 7.99. The number of carbonyl (C=O) groups is 2. The maximum Gasteiger partial charge on any atom is 0.406 e. The van der Waals surface area contributed by atoms with Crippen LogP contribution in [0.25, 0.3) is 11.1 Å². The van der Waals surface area contributed by atoms with Crippen LogP contribution in [0.5, 0.6) is 5.75 Å². The van der Waals surface area contributed by atoms with Gasteiger partial charge in [-0.1, -0.05) is 36.4 Å². The number of carbonyl (C=O) groups excluding carboxylic acids is 2. The number of alkyl carbamates (subject to hydrolysis) is 1. The Balaban J connectivity index is 1.69. The summed E-state index contributed by atoms with van der Waals surface area (Å²) in [6.07, 6.45) is 1.44. The van der Waals surface area contributed by atoms with Crippen molar-refractivity contribution in [3.63, 3.8) is 0 Å². The Morgan fingerprint density at radius 1 is 1.10 bits per heavy atom. The fourth-order valence-corrected chi connectivity index (χ4v) is 5.84. The highest BCUT2D eigenvalue weighted by Crippen LogP contribution is 2.44. The van der Waals surface area contributed by atoms with Crippen molar-refractivity contribution in [2.45, 2.75) is 37.8 Å². The summed E-state index contributed by atoms with van der Waals surface area (Å²) in [5, 5.41) is 18.4. The molecule has 0 aliphatic carbocycles. The minimum atomic E-state index is -1.49. The number of benzene rings is 3. The van der Waals surface area contributed by atoms with Gasteiger partial charge in [0.1, 0.15) is 11.6 Å². The number of nitrogens with zero attached hydrogens (tertiary/aromatic N) is 1. The van der Waals surface area contributed by atoms with E-state index in [1.54, 1.807) is 48.4 Å². The second kappa shape index (κ2) is 14.3.